The number of imidazole rings is 1. The van der Waals surface area contributed by atoms with Crippen LogP contribution in [-0.4, -0.2) is 9.55 Å². The molecular formula is C16H16BrN3. The highest BCUT2D eigenvalue weighted by molar-refractivity contribution is 9.10. The molecule has 3 rings (SSSR count). The van der Waals surface area contributed by atoms with Gasteiger partial charge in [-0.15, -0.1) is 0 Å². The van der Waals surface area contributed by atoms with Crippen LogP contribution in [0, 0.1) is 0 Å². The van der Waals surface area contributed by atoms with Crippen LogP contribution in [0.2, 0.25) is 0 Å². The Hall–Kier alpha value is -1.81. The summed E-state index contributed by atoms with van der Waals surface area (Å²) in [6, 6.07) is 16.5. The van der Waals surface area contributed by atoms with Crippen molar-refractivity contribution in [2.75, 3.05) is 5.73 Å². The Balaban J connectivity index is 1.97. The van der Waals surface area contributed by atoms with E-state index in [1.54, 1.807) is 0 Å². The predicted octanol–water partition coefficient (Wildman–Crippen LogP) is 4.18. The third-order valence-corrected chi connectivity index (χ3v) is 4.06. The fraction of sp³-hybridized carbons (Fsp3) is 0.188. The Morgan fingerprint density at radius 1 is 1.20 bits per heavy atom. The van der Waals surface area contributed by atoms with Gasteiger partial charge in [0.2, 0.25) is 5.95 Å². The lowest BCUT2D eigenvalue weighted by atomic mass is 10.0. The van der Waals surface area contributed by atoms with Gasteiger partial charge in [-0.05, 0) is 29.7 Å². The Kier molecular flexibility index (Phi) is 3.49. The van der Waals surface area contributed by atoms with E-state index >= 15 is 0 Å². The van der Waals surface area contributed by atoms with E-state index in [9.17, 15) is 0 Å². The summed E-state index contributed by atoms with van der Waals surface area (Å²) < 4.78 is 3.10. The molecule has 0 saturated carbocycles. The van der Waals surface area contributed by atoms with Gasteiger partial charge in [0, 0.05) is 11.0 Å². The van der Waals surface area contributed by atoms with Crippen molar-refractivity contribution in [3.63, 3.8) is 0 Å². The normalized spacial score (nSPS) is 12.7. The molecule has 4 heteroatoms. The molecule has 0 aliphatic carbocycles. The smallest absolute Gasteiger partial charge is 0.201 e. The lowest BCUT2D eigenvalue weighted by Crippen LogP contribution is -2.09. The first-order valence-electron chi connectivity index (χ1n) is 6.61. The summed E-state index contributed by atoms with van der Waals surface area (Å²) in [5.41, 5.74) is 9.38. The summed E-state index contributed by atoms with van der Waals surface area (Å²) in [5.74, 6) is 0.959. The van der Waals surface area contributed by atoms with Gasteiger partial charge in [0.15, 0.2) is 0 Å². The lowest BCUT2D eigenvalue weighted by Gasteiger charge is -2.14. The third-order valence-electron chi connectivity index (χ3n) is 3.56. The molecule has 3 aromatic rings. The highest BCUT2D eigenvalue weighted by Gasteiger charge is 2.12. The van der Waals surface area contributed by atoms with Gasteiger partial charge in [-0.25, -0.2) is 4.98 Å². The molecule has 0 bridgehead atoms. The number of nitrogen functional groups attached to an aromatic ring is 1. The van der Waals surface area contributed by atoms with E-state index in [1.165, 1.54) is 5.56 Å². The summed E-state index contributed by atoms with van der Waals surface area (Å²) >= 11 is 3.46. The van der Waals surface area contributed by atoms with E-state index in [0.717, 1.165) is 22.1 Å². The molecule has 102 valence electrons. The number of benzene rings is 2. The van der Waals surface area contributed by atoms with Crippen molar-refractivity contribution in [1.29, 1.82) is 0 Å². The second-order valence-electron chi connectivity index (χ2n) is 5.03. The number of hydrogen-bond acceptors (Lipinski definition) is 2. The molecule has 0 spiro atoms. The van der Waals surface area contributed by atoms with Crippen LogP contribution in [0.3, 0.4) is 0 Å². The molecule has 1 atom stereocenters. The van der Waals surface area contributed by atoms with Crippen molar-refractivity contribution in [3.05, 3.63) is 58.6 Å². The molecule has 0 amide bonds. The topological polar surface area (TPSA) is 43.8 Å². The molecule has 0 saturated heterocycles. The number of hydrogen-bond donors (Lipinski definition) is 1. The average molecular weight is 330 g/mol. The largest absolute Gasteiger partial charge is 0.369 e. The van der Waals surface area contributed by atoms with Crippen LogP contribution < -0.4 is 5.73 Å². The Morgan fingerprint density at radius 2 is 1.95 bits per heavy atom. The number of nitrogens with zero attached hydrogens (tertiary/aromatic N) is 2. The number of rotatable bonds is 3. The van der Waals surface area contributed by atoms with E-state index in [1.807, 2.05) is 18.2 Å². The molecule has 20 heavy (non-hydrogen) atoms. The van der Waals surface area contributed by atoms with E-state index in [0.29, 0.717) is 11.9 Å². The summed E-state index contributed by atoms with van der Waals surface area (Å²) in [6.07, 6.45) is 0. The maximum absolute atomic E-state index is 6.07. The van der Waals surface area contributed by atoms with Crippen LogP contribution in [0.15, 0.2) is 53.0 Å². The molecule has 0 aliphatic rings. The SMILES string of the molecule is CC(Cn1c(N)nc2cc(Br)ccc21)c1ccccc1. The van der Waals surface area contributed by atoms with E-state index in [-0.39, 0.29) is 0 Å². The molecule has 1 heterocycles. The molecule has 2 aromatic carbocycles. The molecule has 1 aromatic heterocycles. The summed E-state index contributed by atoms with van der Waals surface area (Å²) in [6.45, 7) is 3.04. The monoisotopic (exact) mass is 329 g/mol. The number of aromatic nitrogens is 2. The Labute approximate surface area is 126 Å². The summed E-state index contributed by atoms with van der Waals surface area (Å²) in [7, 11) is 0. The van der Waals surface area contributed by atoms with Gasteiger partial charge in [-0.1, -0.05) is 53.2 Å². The molecule has 2 N–H and O–H groups in total. The van der Waals surface area contributed by atoms with Gasteiger partial charge in [0.05, 0.1) is 11.0 Å². The first-order chi connectivity index (χ1) is 9.65. The fourth-order valence-corrected chi connectivity index (χ4v) is 2.82. The highest BCUT2D eigenvalue weighted by atomic mass is 79.9. The summed E-state index contributed by atoms with van der Waals surface area (Å²) in [4.78, 5) is 4.43. The van der Waals surface area contributed by atoms with Crippen molar-refractivity contribution < 1.29 is 0 Å². The van der Waals surface area contributed by atoms with Gasteiger partial charge in [-0.3, -0.25) is 0 Å². The van der Waals surface area contributed by atoms with Crippen LogP contribution in [-0.2, 0) is 6.54 Å². The summed E-state index contributed by atoms with van der Waals surface area (Å²) in [5, 5.41) is 0. The van der Waals surface area contributed by atoms with E-state index in [4.69, 9.17) is 5.73 Å². The minimum Gasteiger partial charge on any atom is -0.369 e. The molecule has 0 aliphatic heterocycles. The van der Waals surface area contributed by atoms with Crippen molar-refractivity contribution in [1.82, 2.24) is 9.55 Å². The molecule has 1 unspecified atom stereocenters. The number of nitrogens with two attached hydrogens (primary N) is 1. The van der Waals surface area contributed by atoms with Crippen LogP contribution >= 0.6 is 15.9 Å². The Bertz CT molecular complexity index is 734. The maximum Gasteiger partial charge on any atom is 0.201 e. The van der Waals surface area contributed by atoms with Crippen LogP contribution in [0.4, 0.5) is 5.95 Å². The minimum atomic E-state index is 0.388. The van der Waals surface area contributed by atoms with Crippen molar-refractivity contribution >= 4 is 32.9 Å². The molecule has 0 radical (unpaired) electrons. The number of anilines is 1. The standard InChI is InChI=1S/C16H16BrN3/c1-11(12-5-3-2-4-6-12)10-20-15-8-7-13(17)9-14(15)19-16(20)18/h2-9,11H,10H2,1H3,(H2,18,19). The molecule has 0 fully saturated rings. The van der Waals surface area contributed by atoms with Gasteiger partial charge in [0.25, 0.3) is 0 Å². The first-order valence-corrected chi connectivity index (χ1v) is 7.40. The fourth-order valence-electron chi connectivity index (χ4n) is 2.47. The predicted molar refractivity (Wildman–Crippen MR) is 86.7 cm³/mol. The van der Waals surface area contributed by atoms with Gasteiger partial charge in [-0.2, -0.15) is 0 Å². The van der Waals surface area contributed by atoms with Crippen LogP contribution in [0.1, 0.15) is 18.4 Å². The molecular weight excluding hydrogens is 314 g/mol. The lowest BCUT2D eigenvalue weighted by molar-refractivity contribution is 0.617. The second-order valence-corrected chi connectivity index (χ2v) is 5.94. The minimum absolute atomic E-state index is 0.388. The number of fused-ring (bicyclic) bond motifs is 1. The van der Waals surface area contributed by atoms with E-state index < -0.39 is 0 Å². The quantitative estimate of drug-likeness (QED) is 0.783. The second kappa shape index (κ2) is 5.29. The van der Waals surface area contributed by atoms with Crippen molar-refractivity contribution in [3.8, 4) is 0 Å². The van der Waals surface area contributed by atoms with Crippen molar-refractivity contribution in [2.45, 2.75) is 19.4 Å². The van der Waals surface area contributed by atoms with Gasteiger partial charge >= 0.3 is 0 Å². The Morgan fingerprint density at radius 3 is 2.70 bits per heavy atom. The maximum atomic E-state index is 6.07. The first kappa shape index (κ1) is 13.2. The van der Waals surface area contributed by atoms with Gasteiger partial charge < -0.3 is 10.3 Å². The zero-order valence-electron chi connectivity index (χ0n) is 11.3. The van der Waals surface area contributed by atoms with Gasteiger partial charge in [0.1, 0.15) is 0 Å². The third kappa shape index (κ3) is 2.43. The zero-order valence-corrected chi connectivity index (χ0v) is 12.8. The van der Waals surface area contributed by atoms with Crippen LogP contribution in [0.5, 0.6) is 0 Å². The van der Waals surface area contributed by atoms with E-state index in [2.05, 4.69) is 62.7 Å². The average Bonchev–Trinajstić information content (AvgIpc) is 2.75. The zero-order chi connectivity index (χ0) is 14.1. The van der Waals surface area contributed by atoms with Crippen molar-refractivity contribution in [2.24, 2.45) is 0 Å². The van der Waals surface area contributed by atoms with Crippen LogP contribution in [0.25, 0.3) is 11.0 Å². The molecule has 3 nitrogen and oxygen atoms in total. The number of halogens is 1. The highest BCUT2D eigenvalue weighted by Crippen LogP contribution is 2.25.